The molecule has 1 aliphatic heterocycles. The lowest BCUT2D eigenvalue weighted by Crippen LogP contribution is -2.34. The summed E-state index contributed by atoms with van der Waals surface area (Å²) >= 11 is 1.47. The molecule has 0 aliphatic carbocycles. The average Bonchev–Trinajstić information content (AvgIpc) is 3.02. The van der Waals surface area contributed by atoms with Gasteiger partial charge in [-0.05, 0) is 25.5 Å². The Bertz CT molecular complexity index is 500. The Morgan fingerprint density at radius 3 is 2.95 bits per heavy atom. The van der Waals surface area contributed by atoms with Gasteiger partial charge in [-0.3, -0.25) is 9.59 Å². The predicted octanol–water partition coefficient (Wildman–Crippen LogP) is 2.90. The van der Waals surface area contributed by atoms with E-state index < -0.39 is 0 Å². The molecule has 0 bridgehead atoms. The zero-order valence-electron chi connectivity index (χ0n) is 12.5. The second kappa shape index (κ2) is 7.54. The predicted molar refractivity (Wildman–Crippen MR) is 80.8 cm³/mol. The van der Waals surface area contributed by atoms with Gasteiger partial charge in [0.1, 0.15) is 23.4 Å². The van der Waals surface area contributed by atoms with Crippen LogP contribution >= 0.6 is 11.8 Å². The third kappa shape index (κ3) is 4.27. The number of nitrogens with zero attached hydrogens (tertiary/aromatic N) is 1. The van der Waals surface area contributed by atoms with E-state index in [-0.39, 0.29) is 23.8 Å². The minimum Gasteiger partial charge on any atom is -0.464 e. The number of hydrogen-bond acceptors (Lipinski definition) is 5. The third-order valence-electron chi connectivity index (χ3n) is 3.28. The Hall–Kier alpha value is -1.43. The van der Waals surface area contributed by atoms with Crippen LogP contribution < -0.4 is 0 Å². The van der Waals surface area contributed by atoms with Crippen molar-refractivity contribution in [2.24, 2.45) is 0 Å². The first kappa shape index (κ1) is 15.9. The van der Waals surface area contributed by atoms with Crippen molar-refractivity contribution in [1.82, 2.24) is 4.90 Å². The molecule has 2 rings (SSSR count). The van der Waals surface area contributed by atoms with E-state index in [2.05, 4.69) is 6.92 Å². The third-order valence-corrected chi connectivity index (χ3v) is 4.50. The van der Waals surface area contributed by atoms with Crippen LogP contribution in [0.25, 0.3) is 0 Å². The van der Waals surface area contributed by atoms with Crippen LogP contribution in [0.2, 0.25) is 0 Å². The fraction of sp³-hybridized carbons (Fsp3) is 0.600. The van der Waals surface area contributed by atoms with Gasteiger partial charge in [0.15, 0.2) is 0 Å². The van der Waals surface area contributed by atoms with Gasteiger partial charge in [0.2, 0.25) is 5.91 Å². The minimum absolute atomic E-state index is 0.0115. The molecule has 0 saturated carbocycles. The van der Waals surface area contributed by atoms with Crippen molar-refractivity contribution in [2.45, 2.75) is 38.5 Å². The van der Waals surface area contributed by atoms with E-state index in [0.717, 1.165) is 25.0 Å². The smallest absolute Gasteiger partial charge is 0.325 e. The summed E-state index contributed by atoms with van der Waals surface area (Å²) < 4.78 is 10.7. The monoisotopic (exact) mass is 311 g/mol. The lowest BCUT2D eigenvalue weighted by Gasteiger charge is -2.21. The highest BCUT2D eigenvalue weighted by molar-refractivity contribution is 8.00. The molecule has 1 unspecified atom stereocenters. The van der Waals surface area contributed by atoms with Gasteiger partial charge in [-0.15, -0.1) is 11.8 Å². The highest BCUT2D eigenvalue weighted by Crippen LogP contribution is 2.39. The molecule has 0 aromatic carbocycles. The molecular formula is C15H21NO4S. The van der Waals surface area contributed by atoms with Crippen molar-refractivity contribution in [3.05, 3.63) is 23.7 Å². The maximum Gasteiger partial charge on any atom is 0.325 e. The van der Waals surface area contributed by atoms with Crippen LogP contribution in [0.4, 0.5) is 0 Å². The zero-order chi connectivity index (χ0) is 15.2. The lowest BCUT2D eigenvalue weighted by molar-refractivity contribution is -0.148. The molecule has 21 heavy (non-hydrogen) atoms. The summed E-state index contributed by atoms with van der Waals surface area (Å²) in [6.45, 7) is 4.36. The van der Waals surface area contributed by atoms with Crippen LogP contribution in [-0.4, -0.2) is 35.7 Å². The van der Waals surface area contributed by atoms with Gasteiger partial charge < -0.3 is 14.1 Å². The largest absolute Gasteiger partial charge is 0.464 e. The molecule has 0 N–H and O–H groups in total. The molecule has 1 aromatic heterocycles. The number of carbonyl (C=O) groups is 2. The van der Waals surface area contributed by atoms with Crippen LogP contribution in [0.1, 0.15) is 43.1 Å². The molecule has 0 radical (unpaired) electrons. The summed E-state index contributed by atoms with van der Waals surface area (Å²) in [5, 5.41) is -0.227. The average molecular weight is 311 g/mol. The molecule has 6 heteroatoms. The van der Waals surface area contributed by atoms with Gasteiger partial charge in [-0.25, -0.2) is 0 Å². The second-order valence-corrected chi connectivity index (χ2v) is 6.13. The van der Waals surface area contributed by atoms with Gasteiger partial charge in [0.25, 0.3) is 0 Å². The summed E-state index contributed by atoms with van der Waals surface area (Å²) in [6.07, 6.45) is 2.99. The number of esters is 1. The van der Waals surface area contributed by atoms with E-state index >= 15 is 0 Å². The van der Waals surface area contributed by atoms with Crippen molar-refractivity contribution in [3.8, 4) is 0 Å². The van der Waals surface area contributed by atoms with Gasteiger partial charge >= 0.3 is 5.97 Å². The van der Waals surface area contributed by atoms with Crippen LogP contribution in [0, 0.1) is 6.92 Å². The fourth-order valence-corrected chi connectivity index (χ4v) is 3.30. The summed E-state index contributed by atoms with van der Waals surface area (Å²) in [7, 11) is 0. The fourth-order valence-electron chi connectivity index (χ4n) is 2.17. The number of amides is 1. The molecule has 116 valence electrons. The van der Waals surface area contributed by atoms with E-state index in [0.29, 0.717) is 18.1 Å². The van der Waals surface area contributed by atoms with E-state index in [4.69, 9.17) is 9.15 Å². The first-order chi connectivity index (χ1) is 10.1. The Kier molecular flexibility index (Phi) is 5.73. The Morgan fingerprint density at radius 2 is 2.29 bits per heavy atom. The molecule has 1 atom stereocenters. The molecular weight excluding hydrogens is 290 g/mol. The normalized spacial score (nSPS) is 18.3. The number of carbonyl (C=O) groups excluding carboxylic acids is 2. The Morgan fingerprint density at radius 1 is 1.48 bits per heavy atom. The maximum absolute atomic E-state index is 11.9. The van der Waals surface area contributed by atoms with E-state index in [1.165, 1.54) is 16.7 Å². The van der Waals surface area contributed by atoms with E-state index in [9.17, 15) is 9.59 Å². The summed E-state index contributed by atoms with van der Waals surface area (Å²) in [4.78, 5) is 25.3. The highest BCUT2D eigenvalue weighted by Gasteiger charge is 2.36. The number of aryl methyl sites for hydroxylation is 1. The van der Waals surface area contributed by atoms with Crippen LogP contribution in [0.5, 0.6) is 0 Å². The van der Waals surface area contributed by atoms with Crippen molar-refractivity contribution in [3.63, 3.8) is 0 Å². The Balaban J connectivity index is 1.90. The van der Waals surface area contributed by atoms with Crippen molar-refractivity contribution in [1.29, 1.82) is 0 Å². The molecule has 2 heterocycles. The minimum atomic E-state index is -0.352. The molecule has 1 fully saturated rings. The lowest BCUT2D eigenvalue weighted by atomic mass is 10.3. The number of furan rings is 1. The number of hydrogen-bond donors (Lipinski definition) is 0. The van der Waals surface area contributed by atoms with Crippen LogP contribution in [0.3, 0.4) is 0 Å². The highest BCUT2D eigenvalue weighted by atomic mass is 32.2. The summed E-state index contributed by atoms with van der Waals surface area (Å²) in [5.74, 6) is 1.47. The summed E-state index contributed by atoms with van der Waals surface area (Å²) in [5.41, 5.74) is 0. The SMILES string of the molecule is CCCCCOC(=O)CN1C(=O)CSC1c1ccc(C)o1. The maximum atomic E-state index is 11.9. The first-order valence-electron chi connectivity index (χ1n) is 7.25. The molecule has 1 aliphatic rings. The molecule has 1 amide bonds. The topological polar surface area (TPSA) is 59.8 Å². The number of ether oxygens (including phenoxy) is 1. The van der Waals surface area contributed by atoms with Gasteiger partial charge in [-0.2, -0.15) is 0 Å². The standard InChI is InChI=1S/C15H21NO4S/c1-3-4-5-8-19-14(18)9-16-13(17)10-21-15(16)12-7-6-11(2)20-12/h6-7,15H,3-5,8-10H2,1-2H3. The van der Waals surface area contributed by atoms with Crippen molar-refractivity contribution >= 4 is 23.6 Å². The van der Waals surface area contributed by atoms with Gasteiger partial charge in [0, 0.05) is 0 Å². The summed E-state index contributed by atoms with van der Waals surface area (Å²) in [6, 6.07) is 3.71. The first-order valence-corrected chi connectivity index (χ1v) is 8.29. The van der Waals surface area contributed by atoms with E-state index in [1.54, 1.807) is 0 Å². The van der Waals surface area contributed by atoms with E-state index in [1.807, 2.05) is 19.1 Å². The number of thioether (sulfide) groups is 1. The number of unbranched alkanes of at least 4 members (excludes halogenated alkanes) is 2. The van der Waals surface area contributed by atoms with Gasteiger partial charge in [0.05, 0.1) is 12.4 Å². The van der Waals surface area contributed by atoms with Crippen LogP contribution in [-0.2, 0) is 14.3 Å². The quantitative estimate of drug-likeness (QED) is 0.572. The molecule has 1 saturated heterocycles. The molecule has 0 spiro atoms. The number of rotatable bonds is 7. The Labute approximate surface area is 129 Å². The van der Waals surface area contributed by atoms with Crippen LogP contribution in [0.15, 0.2) is 16.5 Å². The van der Waals surface area contributed by atoms with Crippen molar-refractivity contribution in [2.75, 3.05) is 18.9 Å². The molecule has 5 nitrogen and oxygen atoms in total. The second-order valence-electron chi connectivity index (χ2n) is 5.06. The van der Waals surface area contributed by atoms with Gasteiger partial charge in [-0.1, -0.05) is 19.8 Å². The van der Waals surface area contributed by atoms with Crippen molar-refractivity contribution < 1.29 is 18.7 Å². The zero-order valence-corrected chi connectivity index (χ0v) is 13.3. The molecule has 1 aromatic rings.